The molecule has 14 heteroatoms. The number of rotatable bonds is 16. The molecule has 0 spiro atoms. The van der Waals surface area contributed by atoms with Gasteiger partial charge in [-0.25, -0.2) is 0 Å². The Bertz CT molecular complexity index is 1300. The van der Waals surface area contributed by atoms with Crippen LogP contribution >= 0.6 is 0 Å². The first-order valence-electron chi connectivity index (χ1n) is 12.3. The zero-order valence-corrected chi connectivity index (χ0v) is 21.0. The third-order valence-corrected chi connectivity index (χ3v) is 5.46. The number of benzene rings is 2. The van der Waals surface area contributed by atoms with E-state index in [4.69, 9.17) is 19.3 Å². The second-order valence-electron chi connectivity index (χ2n) is 8.42. The molecule has 0 unspecified atom stereocenters. The average Bonchev–Trinajstić information content (AvgIpc) is 3.60. The molecule has 2 aromatic heterocycles. The number of aliphatic hydroxyl groups excluding tert-OH is 1. The number of ether oxygens (including phenoxy) is 4. The lowest BCUT2D eigenvalue weighted by molar-refractivity contribution is -0.274. The van der Waals surface area contributed by atoms with Crippen molar-refractivity contribution in [2.75, 3.05) is 39.6 Å². The zero-order chi connectivity index (χ0) is 27.5. The number of alkyl halides is 3. The molecule has 210 valence electrons. The summed E-state index contributed by atoms with van der Waals surface area (Å²) in [6, 6.07) is 7.86. The molecule has 0 aliphatic rings. The Labute approximate surface area is 221 Å². The molecule has 0 aliphatic carbocycles. The molecule has 4 rings (SSSR count). The van der Waals surface area contributed by atoms with Crippen molar-refractivity contribution in [3.05, 3.63) is 54.7 Å². The minimum absolute atomic E-state index is 0.0311. The van der Waals surface area contributed by atoms with Gasteiger partial charge in [-0.05, 0) is 43.1 Å². The predicted octanol–water partition coefficient (Wildman–Crippen LogP) is 3.38. The molecule has 0 saturated carbocycles. The van der Waals surface area contributed by atoms with Gasteiger partial charge in [-0.2, -0.15) is 5.10 Å². The van der Waals surface area contributed by atoms with Crippen molar-refractivity contribution in [2.24, 2.45) is 0 Å². The Balaban J connectivity index is 1.14. The number of nitrogens with one attached hydrogen (secondary N) is 2. The number of fused-ring (bicyclic) bond motifs is 1. The molecule has 0 bridgehead atoms. The topological polar surface area (TPSA) is 129 Å². The third kappa shape index (κ3) is 8.84. The summed E-state index contributed by atoms with van der Waals surface area (Å²) in [4.78, 5) is 0. The van der Waals surface area contributed by atoms with Gasteiger partial charge in [0.1, 0.15) is 43.1 Å². The van der Waals surface area contributed by atoms with Crippen LogP contribution in [0.3, 0.4) is 0 Å². The largest absolute Gasteiger partial charge is 0.573 e. The van der Waals surface area contributed by atoms with Crippen LogP contribution in [-0.2, 0) is 11.3 Å². The Hall–Kier alpha value is -3.88. The summed E-state index contributed by atoms with van der Waals surface area (Å²) >= 11 is 0. The van der Waals surface area contributed by atoms with Crippen LogP contribution in [0.1, 0.15) is 18.4 Å². The Morgan fingerprint density at radius 3 is 2.54 bits per heavy atom. The van der Waals surface area contributed by atoms with Gasteiger partial charge in [-0.1, -0.05) is 0 Å². The van der Waals surface area contributed by atoms with Gasteiger partial charge in [0, 0.05) is 25.3 Å². The van der Waals surface area contributed by atoms with Crippen LogP contribution in [0.2, 0.25) is 0 Å². The summed E-state index contributed by atoms with van der Waals surface area (Å²) in [5.74, 6) is 0.494. The molecule has 2 heterocycles. The number of aromatic nitrogens is 5. The lowest BCUT2D eigenvalue weighted by Crippen LogP contribution is -2.18. The van der Waals surface area contributed by atoms with E-state index in [2.05, 4.69) is 30.4 Å². The SMILES string of the molecule is OCCOc1cc(CNCCCCOCCOc2cc(-n3cnnc3)cc3[nH]ncc23)cc(OC(F)(F)F)c1. The number of H-pyrrole nitrogens is 1. The molecule has 11 nitrogen and oxygen atoms in total. The van der Waals surface area contributed by atoms with E-state index in [1.807, 2.05) is 12.1 Å². The summed E-state index contributed by atoms with van der Waals surface area (Å²) < 4.78 is 60.5. The number of hydrogen-bond donors (Lipinski definition) is 3. The molecule has 0 aliphatic heterocycles. The minimum atomic E-state index is -4.81. The van der Waals surface area contributed by atoms with Gasteiger partial charge >= 0.3 is 6.36 Å². The van der Waals surface area contributed by atoms with E-state index in [-0.39, 0.29) is 24.7 Å². The lowest BCUT2D eigenvalue weighted by atomic mass is 10.2. The van der Waals surface area contributed by atoms with E-state index in [1.54, 1.807) is 29.5 Å². The van der Waals surface area contributed by atoms with Crippen molar-refractivity contribution in [3.8, 4) is 22.9 Å². The number of aliphatic hydroxyl groups is 1. The number of aromatic amines is 1. The second-order valence-corrected chi connectivity index (χ2v) is 8.42. The van der Waals surface area contributed by atoms with Crippen molar-refractivity contribution >= 4 is 10.9 Å². The molecular weight excluding hydrogens is 521 g/mol. The fourth-order valence-electron chi connectivity index (χ4n) is 3.78. The molecule has 0 fully saturated rings. The Morgan fingerprint density at radius 2 is 1.74 bits per heavy atom. The van der Waals surface area contributed by atoms with Gasteiger partial charge in [-0.15, -0.1) is 23.4 Å². The van der Waals surface area contributed by atoms with Gasteiger partial charge in [0.2, 0.25) is 0 Å². The molecular formula is C25H29F3N6O5. The van der Waals surface area contributed by atoms with Crippen molar-refractivity contribution in [1.82, 2.24) is 30.3 Å². The Morgan fingerprint density at radius 1 is 0.923 bits per heavy atom. The highest BCUT2D eigenvalue weighted by Crippen LogP contribution is 2.29. The maximum Gasteiger partial charge on any atom is 0.573 e. The standard InChI is InChI=1S/C25H29F3N6O5/c26-25(27,28)39-21-10-18(9-20(13-21)37-6-4-35)14-29-3-1-2-5-36-7-8-38-24-12-19(34-16-31-32-17-34)11-23-22(24)15-30-33-23/h9-13,15-17,29,35H,1-8,14H2,(H,30,33). The summed E-state index contributed by atoms with van der Waals surface area (Å²) in [7, 11) is 0. The summed E-state index contributed by atoms with van der Waals surface area (Å²) in [6.07, 6.45) is 1.71. The molecule has 2 aromatic carbocycles. The molecule has 3 N–H and O–H groups in total. The molecule has 4 aromatic rings. The van der Waals surface area contributed by atoms with E-state index >= 15 is 0 Å². The first-order valence-corrected chi connectivity index (χ1v) is 12.3. The van der Waals surface area contributed by atoms with E-state index in [1.165, 1.54) is 6.07 Å². The van der Waals surface area contributed by atoms with Crippen LogP contribution in [0.5, 0.6) is 17.2 Å². The maximum absolute atomic E-state index is 12.6. The third-order valence-electron chi connectivity index (χ3n) is 5.46. The van der Waals surface area contributed by atoms with E-state index in [9.17, 15) is 13.2 Å². The van der Waals surface area contributed by atoms with Crippen molar-refractivity contribution in [1.29, 1.82) is 0 Å². The van der Waals surface area contributed by atoms with Crippen LogP contribution in [0.4, 0.5) is 13.2 Å². The van der Waals surface area contributed by atoms with Gasteiger partial charge in [0.15, 0.2) is 0 Å². The number of unbranched alkanes of at least 4 members (excludes halogenated alkanes) is 1. The van der Waals surface area contributed by atoms with Crippen LogP contribution in [0, 0.1) is 0 Å². The number of hydrogen-bond acceptors (Lipinski definition) is 9. The highest BCUT2D eigenvalue weighted by Gasteiger charge is 2.31. The van der Waals surface area contributed by atoms with Crippen LogP contribution < -0.4 is 19.5 Å². The molecule has 39 heavy (non-hydrogen) atoms. The summed E-state index contributed by atoms with van der Waals surface area (Å²) in [5, 5.41) is 27.6. The van der Waals surface area contributed by atoms with Gasteiger partial charge < -0.3 is 29.4 Å². The van der Waals surface area contributed by atoms with E-state index in [0.29, 0.717) is 44.2 Å². The number of nitrogens with zero attached hydrogens (tertiary/aromatic N) is 4. The zero-order valence-electron chi connectivity index (χ0n) is 21.0. The summed E-state index contributed by atoms with van der Waals surface area (Å²) in [6.45, 7) is 2.00. The van der Waals surface area contributed by atoms with Crippen molar-refractivity contribution < 1.29 is 37.2 Å². The second kappa shape index (κ2) is 13.8. The lowest BCUT2D eigenvalue weighted by Gasteiger charge is -2.13. The van der Waals surface area contributed by atoms with Crippen molar-refractivity contribution in [3.63, 3.8) is 0 Å². The highest BCUT2D eigenvalue weighted by atomic mass is 19.4. The van der Waals surface area contributed by atoms with E-state index < -0.39 is 6.36 Å². The van der Waals surface area contributed by atoms with Crippen molar-refractivity contribution in [2.45, 2.75) is 25.7 Å². The molecule has 0 radical (unpaired) electrons. The van der Waals surface area contributed by atoms with E-state index in [0.717, 1.165) is 35.5 Å². The average molecular weight is 551 g/mol. The monoisotopic (exact) mass is 550 g/mol. The minimum Gasteiger partial charge on any atom is -0.491 e. The fourth-order valence-corrected chi connectivity index (χ4v) is 3.78. The van der Waals surface area contributed by atoms with Gasteiger partial charge in [-0.3, -0.25) is 9.67 Å². The molecule has 0 atom stereocenters. The maximum atomic E-state index is 12.6. The Kier molecular flexibility index (Phi) is 9.94. The summed E-state index contributed by atoms with van der Waals surface area (Å²) in [5.41, 5.74) is 2.24. The first kappa shape index (κ1) is 28.1. The fraction of sp³-hybridized carbons (Fsp3) is 0.400. The van der Waals surface area contributed by atoms with Crippen LogP contribution in [0.25, 0.3) is 16.6 Å². The molecule has 0 amide bonds. The normalized spacial score (nSPS) is 11.7. The number of halogens is 3. The van der Waals surface area contributed by atoms with Gasteiger partial charge in [0.05, 0.1) is 36.0 Å². The first-order chi connectivity index (χ1) is 18.9. The smallest absolute Gasteiger partial charge is 0.491 e. The van der Waals surface area contributed by atoms with Crippen LogP contribution in [0.15, 0.2) is 49.2 Å². The molecule has 0 saturated heterocycles. The van der Waals surface area contributed by atoms with Gasteiger partial charge in [0.25, 0.3) is 0 Å². The quantitative estimate of drug-likeness (QED) is 0.180. The predicted molar refractivity (Wildman–Crippen MR) is 134 cm³/mol. The van der Waals surface area contributed by atoms with Crippen LogP contribution in [-0.4, -0.2) is 76.0 Å². The highest BCUT2D eigenvalue weighted by molar-refractivity contribution is 5.86.